The number of aliphatic carboxylic acids is 1. The summed E-state index contributed by atoms with van der Waals surface area (Å²) in [6, 6.07) is 0. The molecule has 4 nitrogen and oxygen atoms in total. The van der Waals surface area contributed by atoms with Crippen molar-refractivity contribution in [2.75, 3.05) is 33.2 Å². The molecule has 0 aliphatic carbocycles. The van der Waals surface area contributed by atoms with Gasteiger partial charge in [-0.25, -0.2) is 0 Å². The van der Waals surface area contributed by atoms with Gasteiger partial charge in [-0.2, -0.15) is 0 Å². The van der Waals surface area contributed by atoms with E-state index in [0.717, 1.165) is 51.9 Å². The molecular weight excluding hydrogens is 192 g/mol. The Morgan fingerprint density at radius 1 is 1.13 bits per heavy atom. The van der Waals surface area contributed by atoms with E-state index in [4.69, 9.17) is 0 Å². The summed E-state index contributed by atoms with van der Waals surface area (Å²) in [5.74, 6) is -0.613. The predicted octanol–water partition coefficient (Wildman–Crippen LogP) is 0.631. The van der Waals surface area contributed by atoms with Crippen molar-refractivity contribution in [3.63, 3.8) is 0 Å². The van der Waals surface area contributed by atoms with Gasteiger partial charge in [0.15, 0.2) is 0 Å². The van der Waals surface area contributed by atoms with Gasteiger partial charge in [-0.1, -0.05) is 0 Å². The maximum absolute atomic E-state index is 11.5. The Balaban J connectivity index is 2.13. The van der Waals surface area contributed by atoms with Gasteiger partial charge in [0.25, 0.3) is 0 Å². The zero-order valence-corrected chi connectivity index (χ0v) is 9.41. The van der Waals surface area contributed by atoms with Crippen LogP contribution < -0.4 is 0 Å². The fourth-order valence-corrected chi connectivity index (χ4v) is 2.66. The van der Waals surface area contributed by atoms with E-state index in [-0.39, 0.29) is 0 Å². The molecule has 86 valence electrons. The standard InChI is InChI=1S/C11H20N2O2/c1-12-6-2-4-11(5-9-12,10(14)15)13-7-3-8-13/h2-9H2,1H3,(H,14,15). The van der Waals surface area contributed by atoms with Crippen molar-refractivity contribution < 1.29 is 9.90 Å². The van der Waals surface area contributed by atoms with Crippen LogP contribution in [0.15, 0.2) is 0 Å². The Kier molecular flexibility index (Phi) is 2.98. The first-order valence-electron chi connectivity index (χ1n) is 5.82. The Morgan fingerprint density at radius 2 is 1.87 bits per heavy atom. The lowest BCUT2D eigenvalue weighted by molar-refractivity contribution is -0.156. The highest BCUT2D eigenvalue weighted by atomic mass is 16.4. The minimum atomic E-state index is -0.613. The lowest BCUT2D eigenvalue weighted by Crippen LogP contribution is -2.60. The van der Waals surface area contributed by atoms with Crippen molar-refractivity contribution in [3.05, 3.63) is 0 Å². The number of hydrogen-bond donors (Lipinski definition) is 1. The van der Waals surface area contributed by atoms with Crippen LogP contribution in [-0.4, -0.2) is 59.6 Å². The van der Waals surface area contributed by atoms with Crippen LogP contribution in [0.3, 0.4) is 0 Å². The van der Waals surface area contributed by atoms with E-state index in [2.05, 4.69) is 16.8 Å². The number of carbonyl (C=O) groups is 1. The Hall–Kier alpha value is -0.610. The summed E-state index contributed by atoms with van der Waals surface area (Å²) in [4.78, 5) is 15.9. The molecule has 1 N–H and O–H groups in total. The molecule has 1 atom stereocenters. The van der Waals surface area contributed by atoms with E-state index < -0.39 is 11.5 Å². The van der Waals surface area contributed by atoms with E-state index in [1.54, 1.807) is 0 Å². The summed E-state index contributed by atoms with van der Waals surface area (Å²) in [5.41, 5.74) is -0.553. The fraction of sp³-hybridized carbons (Fsp3) is 0.909. The van der Waals surface area contributed by atoms with Crippen LogP contribution in [0, 0.1) is 0 Å². The summed E-state index contributed by atoms with van der Waals surface area (Å²) < 4.78 is 0. The van der Waals surface area contributed by atoms with E-state index >= 15 is 0 Å². The van der Waals surface area contributed by atoms with Gasteiger partial charge in [0.05, 0.1) is 0 Å². The third kappa shape index (κ3) is 1.88. The summed E-state index contributed by atoms with van der Waals surface area (Å²) in [6.45, 7) is 3.87. The van der Waals surface area contributed by atoms with Gasteiger partial charge in [0, 0.05) is 19.6 Å². The topological polar surface area (TPSA) is 43.8 Å². The van der Waals surface area contributed by atoms with Crippen LogP contribution in [-0.2, 0) is 4.79 Å². The molecule has 4 heteroatoms. The Bertz CT molecular complexity index is 253. The third-order valence-electron chi connectivity index (χ3n) is 3.90. The smallest absolute Gasteiger partial charge is 0.324 e. The normalized spacial score (nSPS) is 34.5. The number of rotatable bonds is 2. The van der Waals surface area contributed by atoms with E-state index in [1.165, 1.54) is 0 Å². The first-order chi connectivity index (χ1) is 7.15. The molecular formula is C11H20N2O2. The summed E-state index contributed by atoms with van der Waals surface area (Å²) in [6.07, 6.45) is 3.75. The molecule has 2 saturated heterocycles. The van der Waals surface area contributed by atoms with Gasteiger partial charge in [-0.3, -0.25) is 9.69 Å². The van der Waals surface area contributed by atoms with Gasteiger partial charge in [0.2, 0.25) is 0 Å². The Labute approximate surface area is 90.9 Å². The Morgan fingerprint density at radius 3 is 2.40 bits per heavy atom. The van der Waals surface area contributed by atoms with Gasteiger partial charge >= 0.3 is 5.97 Å². The average molecular weight is 212 g/mol. The minimum absolute atomic E-state index is 0.553. The van der Waals surface area contributed by atoms with Crippen LogP contribution in [0.25, 0.3) is 0 Å². The molecule has 1 unspecified atom stereocenters. The molecule has 2 rings (SSSR count). The molecule has 2 fully saturated rings. The number of hydrogen-bond acceptors (Lipinski definition) is 3. The fourth-order valence-electron chi connectivity index (χ4n) is 2.66. The molecule has 0 bridgehead atoms. The van der Waals surface area contributed by atoms with Crippen LogP contribution in [0.1, 0.15) is 25.7 Å². The van der Waals surface area contributed by atoms with Crippen molar-refractivity contribution in [3.8, 4) is 0 Å². The predicted molar refractivity (Wildman–Crippen MR) is 57.9 cm³/mol. The molecule has 15 heavy (non-hydrogen) atoms. The van der Waals surface area contributed by atoms with E-state index in [0.29, 0.717) is 0 Å². The molecule has 0 aromatic carbocycles. The second kappa shape index (κ2) is 4.10. The molecule has 0 spiro atoms. The molecule has 0 aromatic rings. The molecule has 0 saturated carbocycles. The summed E-state index contributed by atoms with van der Waals surface area (Å²) >= 11 is 0. The first kappa shape index (κ1) is 10.9. The molecule has 0 amide bonds. The van der Waals surface area contributed by atoms with Crippen molar-refractivity contribution in [1.82, 2.24) is 9.80 Å². The van der Waals surface area contributed by atoms with Crippen LogP contribution >= 0.6 is 0 Å². The van der Waals surface area contributed by atoms with Gasteiger partial charge in [0.1, 0.15) is 5.54 Å². The summed E-state index contributed by atoms with van der Waals surface area (Å²) in [7, 11) is 2.08. The molecule has 0 aromatic heterocycles. The number of nitrogens with zero attached hydrogens (tertiary/aromatic N) is 2. The number of carboxylic acid groups (broad SMARTS) is 1. The highest BCUT2D eigenvalue weighted by Crippen LogP contribution is 2.32. The van der Waals surface area contributed by atoms with Crippen LogP contribution in [0.2, 0.25) is 0 Å². The van der Waals surface area contributed by atoms with Crippen LogP contribution in [0.5, 0.6) is 0 Å². The zero-order chi connectivity index (χ0) is 10.9. The largest absolute Gasteiger partial charge is 0.480 e. The lowest BCUT2D eigenvalue weighted by Gasteiger charge is -2.45. The van der Waals surface area contributed by atoms with E-state index in [1.807, 2.05) is 0 Å². The lowest BCUT2D eigenvalue weighted by atomic mass is 9.86. The molecule has 0 radical (unpaired) electrons. The van der Waals surface area contributed by atoms with Crippen molar-refractivity contribution >= 4 is 5.97 Å². The van der Waals surface area contributed by atoms with Crippen LogP contribution in [0.4, 0.5) is 0 Å². The van der Waals surface area contributed by atoms with Gasteiger partial charge in [-0.05, 0) is 39.3 Å². The zero-order valence-electron chi connectivity index (χ0n) is 9.41. The molecule has 2 heterocycles. The maximum Gasteiger partial charge on any atom is 0.324 e. The molecule has 2 aliphatic rings. The third-order valence-corrected chi connectivity index (χ3v) is 3.90. The number of carboxylic acids is 1. The van der Waals surface area contributed by atoms with E-state index in [9.17, 15) is 9.90 Å². The first-order valence-corrected chi connectivity index (χ1v) is 5.82. The highest BCUT2D eigenvalue weighted by molar-refractivity contribution is 5.79. The monoisotopic (exact) mass is 212 g/mol. The summed E-state index contributed by atoms with van der Waals surface area (Å²) in [5, 5.41) is 9.48. The second-order valence-corrected chi connectivity index (χ2v) is 4.83. The highest BCUT2D eigenvalue weighted by Gasteiger charge is 2.46. The average Bonchev–Trinajstić information content (AvgIpc) is 2.26. The van der Waals surface area contributed by atoms with Gasteiger partial charge in [-0.15, -0.1) is 0 Å². The van der Waals surface area contributed by atoms with Crippen molar-refractivity contribution in [2.45, 2.75) is 31.2 Å². The second-order valence-electron chi connectivity index (χ2n) is 4.83. The van der Waals surface area contributed by atoms with Crippen molar-refractivity contribution in [2.24, 2.45) is 0 Å². The minimum Gasteiger partial charge on any atom is -0.480 e. The van der Waals surface area contributed by atoms with Gasteiger partial charge < -0.3 is 10.0 Å². The molecule has 2 aliphatic heterocycles. The maximum atomic E-state index is 11.5. The van der Waals surface area contributed by atoms with Crippen molar-refractivity contribution in [1.29, 1.82) is 0 Å². The quantitative estimate of drug-likeness (QED) is 0.729. The number of likely N-dealkylation sites (tertiary alicyclic amines) is 2. The SMILES string of the molecule is CN1CCCC(C(=O)O)(N2CCC2)CC1.